The monoisotopic (exact) mass is 908 g/mol. The molecule has 0 saturated carbocycles. The van der Waals surface area contributed by atoms with Gasteiger partial charge in [-0.1, -0.05) is 140 Å². The average Bonchev–Trinajstić information content (AvgIpc) is 3.92. The minimum absolute atomic E-state index is 0.139. The Hall–Kier alpha value is -9.57. The summed E-state index contributed by atoms with van der Waals surface area (Å²) in [4.78, 5) is 13.0. The molecule has 0 bridgehead atoms. The lowest BCUT2D eigenvalue weighted by Crippen LogP contribution is -2.10. The Kier molecular flexibility index (Phi) is 9.94. The SMILES string of the molecule is [C-]#[N+]c1cccc(C(F)(F)F)c1-c1cc(-n2c3ccccc3c3ccc(-c4ccnc(-c5ccccc5)c4)cc32)c(C#N)cc1-n1c2ccccc2c2ccc(-c3ccnc(-c4ccccc4)c3)cc21. The summed E-state index contributed by atoms with van der Waals surface area (Å²) in [6.45, 7) is 8.29. The van der Waals surface area contributed by atoms with Gasteiger partial charge in [0.25, 0.3) is 0 Å². The Morgan fingerprint density at radius 1 is 0.457 bits per heavy atom. The number of hydrogen-bond donors (Lipinski definition) is 0. The van der Waals surface area contributed by atoms with E-state index in [9.17, 15) is 5.26 Å². The first-order chi connectivity index (χ1) is 34.3. The van der Waals surface area contributed by atoms with Gasteiger partial charge < -0.3 is 9.13 Å². The number of fused-ring (bicyclic) bond motifs is 6. The summed E-state index contributed by atoms with van der Waals surface area (Å²) >= 11 is 0. The summed E-state index contributed by atoms with van der Waals surface area (Å²) in [5.41, 5.74) is 9.64. The number of benzene rings is 8. The van der Waals surface area contributed by atoms with Gasteiger partial charge in [-0.15, -0.1) is 0 Å². The predicted octanol–water partition coefficient (Wildman–Crippen LogP) is 16.4. The lowest BCUT2D eigenvalue weighted by molar-refractivity contribution is -0.137. The second-order valence-electron chi connectivity index (χ2n) is 17.1. The fourth-order valence-corrected chi connectivity index (χ4v) is 9.96. The zero-order valence-corrected chi connectivity index (χ0v) is 37.0. The van der Waals surface area contributed by atoms with Crippen LogP contribution < -0.4 is 0 Å². The second-order valence-corrected chi connectivity index (χ2v) is 17.1. The number of nitrogens with zero attached hydrogens (tertiary/aromatic N) is 6. The number of rotatable bonds is 7. The van der Waals surface area contributed by atoms with Crippen molar-refractivity contribution in [3.8, 4) is 73.3 Å². The first-order valence-electron chi connectivity index (χ1n) is 22.5. The van der Waals surface area contributed by atoms with Crippen molar-refractivity contribution in [2.24, 2.45) is 0 Å². The highest BCUT2D eigenvalue weighted by Gasteiger charge is 2.36. The lowest BCUT2D eigenvalue weighted by Gasteiger charge is -2.22. The summed E-state index contributed by atoms with van der Waals surface area (Å²) in [7, 11) is 0. The zero-order valence-electron chi connectivity index (χ0n) is 37.0. The maximum atomic E-state index is 15.5. The van der Waals surface area contributed by atoms with Crippen LogP contribution in [0.4, 0.5) is 18.9 Å². The molecule has 4 aromatic heterocycles. The fourth-order valence-electron chi connectivity index (χ4n) is 9.96. The maximum Gasteiger partial charge on any atom is 0.415 e. The van der Waals surface area contributed by atoms with Gasteiger partial charge in [-0.3, -0.25) is 9.97 Å². The van der Waals surface area contributed by atoms with Crippen molar-refractivity contribution in [2.45, 2.75) is 6.18 Å². The molecule has 0 amide bonds. The summed E-state index contributed by atoms with van der Waals surface area (Å²) in [5.74, 6) is 0. The number of pyridine rings is 2. The van der Waals surface area contributed by atoms with Crippen LogP contribution in [0, 0.1) is 17.9 Å². The second kappa shape index (κ2) is 16.6. The van der Waals surface area contributed by atoms with Crippen LogP contribution >= 0.6 is 0 Å². The van der Waals surface area contributed by atoms with Crippen LogP contribution in [0.25, 0.3) is 116 Å². The number of hydrogen-bond acceptors (Lipinski definition) is 3. The van der Waals surface area contributed by atoms with Crippen molar-refractivity contribution >= 4 is 49.3 Å². The van der Waals surface area contributed by atoms with E-state index >= 15 is 13.2 Å². The molecular weight excluding hydrogens is 874 g/mol. The quantitative estimate of drug-likeness (QED) is 0.150. The van der Waals surface area contributed by atoms with Crippen LogP contribution in [-0.4, -0.2) is 19.1 Å². The van der Waals surface area contributed by atoms with Gasteiger partial charge in [-0.2, -0.15) is 18.4 Å². The molecule has 9 heteroatoms. The summed E-state index contributed by atoms with van der Waals surface area (Å²) in [6.07, 6.45) is -1.29. The standard InChI is InChI=1S/C61H35F3N6/c1-66-51-20-12-19-50(61(62,63)64)60(51)49-36-56(69-54-21-10-8-17-45(54)47-25-23-40(33-57(47)69)42-27-29-67-52(31-42)38-13-4-2-5-14-38)44(37-65)35-59(49)70-55-22-11-9-18-46(55)48-26-24-41(34-58(48)70)43-28-30-68-53(32-43)39-15-6-3-7-16-39/h2-36H. The Bertz CT molecular complexity index is 4140. The Morgan fingerprint density at radius 3 is 1.46 bits per heavy atom. The smallest absolute Gasteiger partial charge is 0.309 e. The van der Waals surface area contributed by atoms with E-state index in [1.54, 1.807) is 24.5 Å². The summed E-state index contributed by atoms with van der Waals surface area (Å²) in [5, 5.41) is 14.9. The maximum absolute atomic E-state index is 15.5. The van der Waals surface area contributed by atoms with E-state index in [0.717, 1.165) is 88.9 Å². The summed E-state index contributed by atoms with van der Waals surface area (Å²) in [6, 6.07) is 65.1. The first-order valence-corrected chi connectivity index (χ1v) is 22.5. The largest absolute Gasteiger partial charge is 0.415 e. The first kappa shape index (κ1) is 41.8. The van der Waals surface area contributed by atoms with Gasteiger partial charge in [0, 0.05) is 50.6 Å². The van der Waals surface area contributed by atoms with Crippen molar-refractivity contribution in [1.82, 2.24) is 19.1 Å². The van der Waals surface area contributed by atoms with Crippen LogP contribution in [-0.2, 0) is 6.18 Å². The van der Waals surface area contributed by atoms with Gasteiger partial charge in [-0.25, -0.2) is 4.85 Å². The molecule has 0 atom stereocenters. The molecule has 0 aliphatic rings. The molecule has 6 nitrogen and oxygen atoms in total. The van der Waals surface area contributed by atoms with Gasteiger partial charge in [-0.05, 0) is 88.5 Å². The van der Waals surface area contributed by atoms with E-state index in [1.807, 2.05) is 167 Å². The van der Waals surface area contributed by atoms with E-state index < -0.39 is 11.7 Å². The van der Waals surface area contributed by atoms with Crippen molar-refractivity contribution in [3.05, 3.63) is 235 Å². The highest BCUT2D eigenvalue weighted by molar-refractivity contribution is 6.12. The predicted molar refractivity (Wildman–Crippen MR) is 274 cm³/mol. The van der Waals surface area contributed by atoms with Gasteiger partial charge in [0.05, 0.1) is 62.5 Å². The van der Waals surface area contributed by atoms with Crippen LogP contribution in [0.5, 0.6) is 0 Å². The van der Waals surface area contributed by atoms with Crippen LogP contribution in [0.3, 0.4) is 0 Å². The molecule has 0 saturated heterocycles. The Morgan fingerprint density at radius 2 is 0.943 bits per heavy atom. The molecule has 8 aromatic carbocycles. The molecule has 330 valence electrons. The fraction of sp³-hybridized carbons (Fsp3) is 0.0164. The van der Waals surface area contributed by atoms with Gasteiger partial charge >= 0.3 is 6.18 Å². The summed E-state index contributed by atoms with van der Waals surface area (Å²) < 4.78 is 50.5. The molecule has 0 aliphatic carbocycles. The number of halogens is 3. The molecule has 0 spiro atoms. The van der Waals surface area contributed by atoms with Crippen molar-refractivity contribution in [1.29, 1.82) is 5.26 Å². The highest BCUT2D eigenvalue weighted by Crippen LogP contribution is 2.48. The van der Waals surface area contributed by atoms with Gasteiger partial charge in [0.1, 0.15) is 6.07 Å². The normalized spacial score (nSPS) is 11.6. The number of nitriles is 1. The zero-order chi connectivity index (χ0) is 47.5. The van der Waals surface area contributed by atoms with E-state index in [-0.39, 0.29) is 22.4 Å². The molecule has 4 heterocycles. The van der Waals surface area contributed by atoms with Gasteiger partial charge in [0.15, 0.2) is 5.69 Å². The number of para-hydroxylation sites is 2. The van der Waals surface area contributed by atoms with Crippen molar-refractivity contribution in [2.75, 3.05) is 0 Å². The van der Waals surface area contributed by atoms with E-state index in [1.165, 1.54) is 12.1 Å². The molecule has 70 heavy (non-hydrogen) atoms. The molecule has 0 radical (unpaired) electrons. The van der Waals surface area contributed by atoms with Gasteiger partial charge in [0.2, 0.25) is 0 Å². The molecule has 0 unspecified atom stereocenters. The molecule has 12 rings (SSSR count). The van der Waals surface area contributed by atoms with E-state index in [0.29, 0.717) is 16.9 Å². The molecular formula is C61H35F3N6. The van der Waals surface area contributed by atoms with Crippen LogP contribution in [0.15, 0.2) is 213 Å². The number of aromatic nitrogens is 4. The minimum atomic E-state index is -4.84. The number of alkyl halides is 3. The molecule has 0 aliphatic heterocycles. The van der Waals surface area contributed by atoms with Crippen LogP contribution in [0.1, 0.15) is 11.1 Å². The molecule has 12 aromatic rings. The Labute approximate surface area is 399 Å². The van der Waals surface area contributed by atoms with E-state index in [4.69, 9.17) is 6.57 Å². The third-order valence-electron chi connectivity index (χ3n) is 13.1. The third kappa shape index (κ3) is 6.96. The lowest BCUT2D eigenvalue weighted by atomic mass is 9.93. The third-order valence-corrected chi connectivity index (χ3v) is 13.1. The van der Waals surface area contributed by atoms with Crippen LogP contribution in [0.2, 0.25) is 0 Å². The van der Waals surface area contributed by atoms with E-state index in [2.05, 4.69) is 33.0 Å². The topological polar surface area (TPSA) is 63.8 Å². The molecule has 0 N–H and O–H groups in total. The highest BCUT2D eigenvalue weighted by atomic mass is 19.4. The van der Waals surface area contributed by atoms with Crippen molar-refractivity contribution in [3.63, 3.8) is 0 Å². The molecule has 0 fully saturated rings. The minimum Gasteiger partial charge on any atom is -0.309 e. The Balaban J connectivity index is 1.16. The van der Waals surface area contributed by atoms with Crippen molar-refractivity contribution < 1.29 is 13.2 Å². The average molecular weight is 909 g/mol.